The number of benzene rings is 2. The molecule has 3 heterocycles. The van der Waals surface area contributed by atoms with E-state index in [0.717, 1.165) is 41.1 Å². The molecule has 2 aromatic heterocycles. The fraction of sp³-hybridized carbons (Fsp3) is 0.357. The zero-order valence-corrected chi connectivity index (χ0v) is 23.2. The van der Waals surface area contributed by atoms with Crippen molar-refractivity contribution in [3.8, 4) is 0 Å². The van der Waals surface area contributed by atoms with E-state index in [9.17, 15) is 8.42 Å². The van der Waals surface area contributed by atoms with Gasteiger partial charge in [0.1, 0.15) is 5.65 Å². The summed E-state index contributed by atoms with van der Waals surface area (Å²) >= 11 is 0. The van der Waals surface area contributed by atoms with Crippen LogP contribution in [0, 0.1) is 0 Å². The second-order valence-electron chi connectivity index (χ2n) is 10.1. The van der Waals surface area contributed by atoms with Crippen LogP contribution in [0.2, 0.25) is 0 Å². The maximum Gasteiger partial charge on any atom is 0.232 e. The summed E-state index contributed by atoms with van der Waals surface area (Å²) in [5, 5.41) is 7.67. The highest BCUT2D eigenvalue weighted by molar-refractivity contribution is 7.92. The van der Waals surface area contributed by atoms with Crippen molar-refractivity contribution in [2.24, 2.45) is 0 Å². The van der Waals surface area contributed by atoms with Gasteiger partial charge in [0.2, 0.25) is 16.0 Å². The maximum absolute atomic E-state index is 12.3. The number of hydrogen-bond acceptors (Lipinski definition) is 7. The van der Waals surface area contributed by atoms with Crippen molar-refractivity contribution in [3.05, 3.63) is 72.1 Å². The summed E-state index contributed by atoms with van der Waals surface area (Å²) in [6, 6.07) is 16.3. The van der Waals surface area contributed by atoms with E-state index in [1.807, 2.05) is 60.2 Å². The smallest absolute Gasteiger partial charge is 0.232 e. The largest absolute Gasteiger partial charge is 0.378 e. The monoisotopic (exact) mass is 533 g/mol. The predicted octanol–water partition coefficient (Wildman–Crippen LogP) is 4.15. The minimum Gasteiger partial charge on any atom is -0.378 e. The Labute approximate surface area is 224 Å². The lowest BCUT2D eigenvalue weighted by molar-refractivity contribution is 0.460. The third kappa shape index (κ3) is 5.61. The number of aromatic nitrogens is 3. The number of piperidine rings is 1. The van der Waals surface area contributed by atoms with Gasteiger partial charge in [-0.3, -0.25) is 4.31 Å². The number of anilines is 4. The molecule has 5 rings (SSSR count). The quantitative estimate of drug-likeness (QED) is 0.351. The Kier molecular flexibility index (Phi) is 7.27. The highest BCUT2D eigenvalue weighted by atomic mass is 32.2. The standard InChI is InChI=1S/C28H35N7O2S/c1-33(2)25-9-10-26(34(3)38(4,36)37)23(17-25)19-35-16-13-22-18-30-28(32-27(22)35)31-24-7-5-20(6-8-24)21-11-14-29-15-12-21/h5-10,13,16-18,21,29H,11-12,14-15,19H2,1-4H3,(H,30,31,32). The average molecular weight is 534 g/mol. The number of sulfonamides is 1. The van der Waals surface area contributed by atoms with E-state index < -0.39 is 10.0 Å². The van der Waals surface area contributed by atoms with Gasteiger partial charge in [-0.05, 0) is 79.4 Å². The van der Waals surface area contributed by atoms with Crippen LogP contribution in [0.3, 0.4) is 0 Å². The van der Waals surface area contributed by atoms with Crippen molar-refractivity contribution in [1.29, 1.82) is 0 Å². The van der Waals surface area contributed by atoms with Gasteiger partial charge in [-0.1, -0.05) is 12.1 Å². The minimum atomic E-state index is -3.41. The third-order valence-electron chi connectivity index (χ3n) is 7.24. The lowest BCUT2D eigenvalue weighted by Crippen LogP contribution is -2.26. The van der Waals surface area contributed by atoms with Crippen molar-refractivity contribution in [2.45, 2.75) is 25.3 Å². The zero-order valence-electron chi connectivity index (χ0n) is 22.3. The van der Waals surface area contributed by atoms with E-state index in [2.05, 4.69) is 39.9 Å². The van der Waals surface area contributed by atoms with Crippen LogP contribution < -0.4 is 19.8 Å². The van der Waals surface area contributed by atoms with E-state index in [4.69, 9.17) is 4.98 Å². The van der Waals surface area contributed by atoms with Gasteiger partial charge < -0.3 is 20.1 Å². The van der Waals surface area contributed by atoms with Crippen LogP contribution in [-0.4, -0.2) is 63.4 Å². The SMILES string of the molecule is CN(C)c1ccc(N(C)S(C)(=O)=O)c(Cn2ccc3cnc(Nc4ccc(C5CCNCC5)cc4)nc32)c1. The molecular formula is C28H35N7O2S. The third-order valence-corrected chi connectivity index (χ3v) is 8.43. The lowest BCUT2D eigenvalue weighted by Gasteiger charge is -2.23. The van der Waals surface area contributed by atoms with Gasteiger partial charge in [0, 0.05) is 50.3 Å². The first-order valence-electron chi connectivity index (χ1n) is 12.8. The molecule has 200 valence electrons. The first-order valence-corrected chi connectivity index (χ1v) is 14.7. The summed E-state index contributed by atoms with van der Waals surface area (Å²) in [6.07, 6.45) is 7.32. The van der Waals surface area contributed by atoms with Crippen LogP contribution in [-0.2, 0) is 16.6 Å². The fourth-order valence-corrected chi connectivity index (χ4v) is 5.46. The second-order valence-corrected chi connectivity index (χ2v) is 12.1. The lowest BCUT2D eigenvalue weighted by atomic mass is 9.90. The van der Waals surface area contributed by atoms with Gasteiger partial charge in [-0.25, -0.2) is 13.4 Å². The Bertz CT molecular complexity index is 1520. The molecule has 38 heavy (non-hydrogen) atoms. The maximum atomic E-state index is 12.3. The Morgan fingerprint density at radius 2 is 1.79 bits per heavy atom. The van der Waals surface area contributed by atoms with Crippen LogP contribution in [0.25, 0.3) is 11.0 Å². The molecule has 2 N–H and O–H groups in total. The average Bonchev–Trinajstić information content (AvgIpc) is 3.30. The summed E-state index contributed by atoms with van der Waals surface area (Å²) in [5.41, 5.74) is 5.60. The Balaban J connectivity index is 1.41. The van der Waals surface area contributed by atoms with Crippen LogP contribution in [0.4, 0.5) is 23.0 Å². The van der Waals surface area contributed by atoms with E-state index in [0.29, 0.717) is 24.1 Å². The predicted molar refractivity (Wildman–Crippen MR) is 155 cm³/mol. The molecule has 1 fully saturated rings. The first kappa shape index (κ1) is 26.0. The highest BCUT2D eigenvalue weighted by Gasteiger charge is 2.18. The molecule has 2 aromatic carbocycles. The van der Waals surface area contributed by atoms with E-state index in [1.54, 1.807) is 7.05 Å². The normalized spacial score (nSPS) is 14.5. The van der Waals surface area contributed by atoms with Crippen LogP contribution in [0.15, 0.2) is 60.9 Å². The number of nitrogens with zero attached hydrogens (tertiary/aromatic N) is 5. The molecule has 0 radical (unpaired) electrons. The molecule has 9 nitrogen and oxygen atoms in total. The summed E-state index contributed by atoms with van der Waals surface area (Å²) in [6.45, 7) is 2.61. The zero-order chi connectivity index (χ0) is 26.9. The molecule has 0 spiro atoms. The molecular weight excluding hydrogens is 498 g/mol. The number of rotatable bonds is 8. The van der Waals surface area contributed by atoms with Crippen molar-refractivity contribution < 1.29 is 8.42 Å². The fourth-order valence-electron chi connectivity index (χ4n) is 4.93. The van der Waals surface area contributed by atoms with E-state index >= 15 is 0 Å². The first-order chi connectivity index (χ1) is 18.2. The van der Waals surface area contributed by atoms with Crippen molar-refractivity contribution >= 4 is 44.1 Å². The molecule has 10 heteroatoms. The Hall–Kier alpha value is -3.63. The molecule has 0 atom stereocenters. The van der Waals surface area contributed by atoms with Crippen LogP contribution >= 0.6 is 0 Å². The summed E-state index contributed by atoms with van der Waals surface area (Å²) in [4.78, 5) is 11.3. The summed E-state index contributed by atoms with van der Waals surface area (Å²) < 4.78 is 28.0. The van der Waals surface area contributed by atoms with E-state index in [1.165, 1.54) is 29.0 Å². The van der Waals surface area contributed by atoms with Crippen LogP contribution in [0.1, 0.15) is 29.9 Å². The summed E-state index contributed by atoms with van der Waals surface area (Å²) in [7, 11) is 2.10. The molecule has 0 amide bonds. The molecule has 0 aliphatic carbocycles. The molecule has 1 aliphatic heterocycles. The molecule has 1 saturated heterocycles. The van der Waals surface area contributed by atoms with Crippen molar-refractivity contribution in [3.63, 3.8) is 0 Å². The van der Waals surface area contributed by atoms with Gasteiger partial charge in [-0.15, -0.1) is 0 Å². The minimum absolute atomic E-state index is 0.460. The molecule has 0 unspecified atom stereocenters. The van der Waals surface area contributed by atoms with Crippen LogP contribution in [0.5, 0.6) is 0 Å². The number of hydrogen-bond donors (Lipinski definition) is 2. The Morgan fingerprint density at radius 3 is 2.47 bits per heavy atom. The second kappa shape index (κ2) is 10.6. The summed E-state index contributed by atoms with van der Waals surface area (Å²) in [5.74, 6) is 1.13. The van der Waals surface area contributed by atoms with Gasteiger partial charge in [0.25, 0.3) is 0 Å². The highest BCUT2D eigenvalue weighted by Crippen LogP contribution is 2.29. The van der Waals surface area contributed by atoms with Gasteiger partial charge >= 0.3 is 0 Å². The number of nitrogens with one attached hydrogen (secondary N) is 2. The molecule has 0 bridgehead atoms. The molecule has 1 aliphatic rings. The van der Waals surface area contributed by atoms with Gasteiger partial charge in [0.05, 0.1) is 18.5 Å². The van der Waals surface area contributed by atoms with E-state index in [-0.39, 0.29) is 0 Å². The molecule has 0 saturated carbocycles. The van der Waals surface area contributed by atoms with Gasteiger partial charge in [-0.2, -0.15) is 4.98 Å². The Morgan fingerprint density at radius 1 is 1.05 bits per heavy atom. The van der Waals surface area contributed by atoms with Gasteiger partial charge in [0.15, 0.2) is 0 Å². The topological polar surface area (TPSA) is 95.4 Å². The van der Waals surface area contributed by atoms with Crippen molar-refractivity contribution in [2.75, 3.05) is 55.0 Å². The van der Waals surface area contributed by atoms with Crippen molar-refractivity contribution in [1.82, 2.24) is 19.9 Å². The molecule has 4 aromatic rings. The number of fused-ring (bicyclic) bond motifs is 1.